The smallest absolute Gasteiger partial charge is 0.317 e. The van der Waals surface area contributed by atoms with Crippen LogP contribution in [-0.4, -0.2) is 39.5 Å². The Kier molecular flexibility index (Phi) is 7.41. The van der Waals surface area contributed by atoms with E-state index in [9.17, 15) is 9.90 Å². The van der Waals surface area contributed by atoms with Crippen LogP contribution in [0.4, 0.5) is 0 Å². The molecule has 0 bridgehead atoms. The fourth-order valence-corrected chi connectivity index (χ4v) is 3.61. The summed E-state index contributed by atoms with van der Waals surface area (Å²) in [5.74, 6) is 2.16. The van der Waals surface area contributed by atoms with Gasteiger partial charge in [-0.1, -0.05) is 6.58 Å². The van der Waals surface area contributed by atoms with Gasteiger partial charge >= 0.3 is 5.97 Å². The number of hydrogen-bond acceptors (Lipinski definition) is 8. The number of fused-ring (bicyclic) bond motifs is 1. The summed E-state index contributed by atoms with van der Waals surface area (Å²) in [6, 6.07) is 8.51. The Balaban J connectivity index is 1.81. The normalized spacial score (nSPS) is 11.3. The Morgan fingerprint density at radius 1 is 0.882 bits per heavy atom. The first-order valence-corrected chi connectivity index (χ1v) is 10.6. The minimum Gasteiger partial charge on any atom is -0.496 e. The number of furan rings is 1. The molecular weight excluding hydrogens is 440 g/mol. The molecule has 0 fully saturated rings. The van der Waals surface area contributed by atoms with Crippen LogP contribution < -0.4 is 23.7 Å². The summed E-state index contributed by atoms with van der Waals surface area (Å²) >= 11 is 0. The molecule has 0 atom stereocenters. The first-order chi connectivity index (χ1) is 16.2. The van der Waals surface area contributed by atoms with Crippen molar-refractivity contribution < 1.29 is 38.0 Å². The average Bonchev–Trinajstić information content (AvgIpc) is 3.25. The van der Waals surface area contributed by atoms with Gasteiger partial charge < -0.3 is 33.2 Å². The second kappa shape index (κ2) is 10.1. The third-order valence-electron chi connectivity index (χ3n) is 5.52. The molecule has 1 aromatic heterocycles. The van der Waals surface area contributed by atoms with Gasteiger partial charge in [-0.15, -0.1) is 0 Å². The Morgan fingerprint density at radius 2 is 1.47 bits per heavy atom. The van der Waals surface area contributed by atoms with Crippen molar-refractivity contribution in [1.29, 1.82) is 0 Å². The van der Waals surface area contributed by atoms with Crippen LogP contribution in [0.1, 0.15) is 31.6 Å². The molecular formula is C26H30O8. The molecule has 1 heterocycles. The van der Waals surface area contributed by atoms with Gasteiger partial charge in [0.05, 0.1) is 40.5 Å². The quantitative estimate of drug-likeness (QED) is 0.327. The summed E-state index contributed by atoms with van der Waals surface area (Å²) in [5, 5.41) is 10.4. The topological polar surface area (TPSA) is 96.6 Å². The predicted molar refractivity (Wildman–Crippen MR) is 128 cm³/mol. The third kappa shape index (κ3) is 4.97. The van der Waals surface area contributed by atoms with Gasteiger partial charge in [0.1, 0.15) is 17.1 Å². The summed E-state index contributed by atoms with van der Waals surface area (Å²) < 4.78 is 32.9. The van der Waals surface area contributed by atoms with Crippen LogP contribution in [0.5, 0.6) is 28.7 Å². The van der Waals surface area contributed by atoms with Crippen molar-refractivity contribution in [3.63, 3.8) is 0 Å². The van der Waals surface area contributed by atoms with Gasteiger partial charge in [0.25, 0.3) is 0 Å². The molecule has 1 N–H and O–H groups in total. The molecule has 0 aliphatic carbocycles. The lowest BCUT2D eigenvalue weighted by molar-refractivity contribution is -0.143. The highest BCUT2D eigenvalue weighted by atomic mass is 16.6. The first-order valence-electron chi connectivity index (χ1n) is 10.6. The number of rotatable bonds is 10. The predicted octanol–water partition coefficient (Wildman–Crippen LogP) is 4.99. The average molecular weight is 471 g/mol. The number of carbonyl (C=O) groups is 1. The number of esters is 1. The summed E-state index contributed by atoms with van der Waals surface area (Å²) in [6.45, 7) is 7.37. The van der Waals surface area contributed by atoms with E-state index < -0.39 is 11.4 Å². The van der Waals surface area contributed by atoms with Crippen molar-refractivity contribution in [3.05, 3.63) is 48.2 Å². The molecule has 3 aromatic rings. The van der Waals surface area contributed by atoms with Crippen LogP contribution in [-0.2, 0) is 11.4 Å². The van der Waals surface area contributed by atoms with Gasteiger partial charge in [-0.2, -0.15) is 0 Å². The second-order valence-electron chi connectivity index (χ2n) is 8.38. The van der Waals surface area contributed by atoms with Crippen molar-refractivity contribution in [2.45, 2.75) is 26.9 Å². The van der Waals surface area contributed by atoms with Crippen LogP contribution in [0.3, 0.4) is 0 Å². The zero-order chi connectivity index (χ0) is 25.0. The van der Waals surface area contributed by atoms with Gasteiger partial charge in [0.15, 0.2) is 23.0 Å². The van der Waals surface area contributed by atoms with Crippen molar-refractivity contribution >= 4 is 22.5 Å². The van der Waals surface area contributed by atoms with E-state index in [1.165, 1.54) is 20.3 Å². The van der Waals surface area contributed by atoms with Crippen molar-refractivity contribution in [2.75, 3.05) is 28.4 Å². The van der Waals surface area contributed by atoms with Gasteiger partial charge in [0, 0.05) is 23.1 Å². The van der Waals surface area contributed by atoms with E-state index in [2.05, 4.69) is 6.58 Å². The zero-order valence-electron chi connectivity index (χ0n) is 20.3. The largest absolute Gasteiger partial charge is 0.496 e. The zero-order valence-corrected chi connectivity index (χ0v) is 20.3. The molecule has 8 heteroatoms. The highest BCUT2D eigenvalue weighted by Crippen LogP contribution is 2.40. The van der Waals surface area contributed by atoms with Gasteiger partial charge in [-0.25, -0.2) is 0 Å². The number of aliphatic hydroxyl groups is 1. The van der Waals surface area contributed by atoms with Crippen LogP contribution in [0, 0.1) is 5.41 Å². The van der Waals surface area contributed by atoms with E-state index in [0.717, 1.165) is 5.39 Å². The highest BCUT2D eigenvalue weighted by molar-refractivity contribution is 5.86. The van der Waals surface area contributed by atoms with Gasteiger partial charge in [-0.05, 0) is 44.0 Å². The lowest BCUT2D eigenvalue weighted by Crippen LogP contribution is -2.29. The molecule has 0 spiro atoms. The number of carbonyl (C=O) groups excluding carboxylic acids is 1. The number of benzene rings is 2. The minimum atomic E-state index is -0.935. The molecule has 0 radical (unpaired) electrons. The monoisotopic (exact) mass is 470 g/mol. The van der Waals surface area contributed by atoms with Crippen LogP contribution in [0.15, 0.2) is 41.3 Å². The van der Waals surface area contributed by atoms with Crippen molar-refractivity contribution in [1.82, 2.24) is 0 Å². The van der Waals surface area contributed by atoms with E-state index in [4.69, 9.17) is 28.1 Å². The number of allylic oxidation sites excluding steroid dienone is 1. The Hall–Kier alpha value is -3.65. The SMILES string of the molecule is C=C(CC(C)(C)C(=O)Oc1cc(CO)c(OC)cc1OC)c1cc2cc(OC)c(OC)cc2o1. The number of aliphatic hydroxyl groups excluding tert-OH is 1. The number of methoxy groups -OCH3 is 4. The van der Waals surface area contributed by atoms with E-state index in [1.54, 1.807) is 40.2 Å². The van der Waals surface area contributed by atoms with Crippen molar-refractivity contribution in [3.8, 4) is 28.7 Å². The Bertz CT molecular complexity index is 1160. The number of ether oxygens (including phenoxy) is 5. The fraction of sp³-hybridized carbons (Fsp3) is 0.346. The third-order valence-corrected chi connectivity index (χ3v) is 5.52. The molecule has 2 aromatic carbocycles. The second-order valence-corrected chi connectivity index (χ2v) is 8.38. The summed E-state index contributed by atoms with van der Waals surface area (Å²) in [5.41, 5.74) is 0.791. The standard InChI is InChI=1S/C26H30O8/c1-15(18-8-16-9-21(30-5)22(31-6)12-20(16)33-18)13-26(2,3)25(28)34-24-10-17(14-27)19(29-4)11-23(24)32-7/h8-12,27H,1,13-14H2,2-7H3. The van der Waals surface area contributed by atoms with Crippen LogP contribution >= 0.6 is 0 Å². The maximum absolute atomic E-state index is 13.1. The molecule has 8 nitrogen and oxygen atoms in total. The van der Waals surface area contributed by atoms with Gasteiger partial charge in [-0.3, -0.25) is 4.79 Å². The molecule has 0 amide bonds. The summed E-state index contributed by atoms with van der Waals surface area (Å²) in [6.07, 6.45) is 0.283. The first kappa shape index (κ1) is 25.0. The molecule has 0 saturated heterocycles. The summed E-state index contributed by atoms with van der Waals surface area (Å²) in [4.78, 5) is 13.1. The van der Waals surface area contributed by atoms with E-state index in [0.29, 0.717) is 45.5 Å². The number of hydrogen-bond donors (Lipinski definition) is 1. The highest BCUT2D eigenvalue weighted by Gasteiger charge is 2.32. The van der Waals surface area contributed by atoms with Crippen molar-refractivity contribution in [2.24, 2.45) is 5.41 Å². The lowest BCUT2D eigenvalue weighted by Gasteiger charge is -2.24. The molecule has 0 unspecified atom stereocenters. The molecule has 0 saturated carbocycles. The molecule has 34 heavy (non-hydrogen) atoms. The molecule has 182 valence electrons. The Labute approximate surface area is 198 Å². The summed E-state index contributed by atoms with van der Waals surface area (Å²) in [7, 11) is 6.07. The fourth-order valence-electron chi connectivity index (χ4n) is 3.61. The van der Waals surface area contributed by atoms with E-state index in [-0.39, 0.29) is 18.8 Å². The maximum Gasteiger partial charge on any atom is 0.317 e. The molecule has 0 aliphatic heterocycles. The van der Waals surface area contributed by atoms with Crippen LogP contribution in [0.2, 0.25) is 0 Å². The lowest BCUT2D eigenvalue weighted by atomic mass is 9.85. The molecule has 3 rings (SSSR count). The van der Waals surface area contributed by atoms with Gasteiger partial charge in [0.2, 0.25) is 0 Å². The van der Waals surface area contributed by atoms with Crippen LogP contribution in [0.25, 0.3) is 16.5 Å². The Morgan fingerprint density at radius 3 is 2.06 bits per heavy atom. The van der Waals surface area contributed by atoms with E-state index >= 15 is 0 Å². The molecule has 0 aliphatic rings. The maximum atomic E-state index is 13.1. The van der Waals surface area contributed by atoms with E-state index in [1.807, 2.05) is 12.1 Å². The minimum absolute atomic E-state index is 0.193.